The van der Waals surface area contributed by atoms with Gasteiger partial charge in [-0.1, -0.05) is 121 Å². The van der Waals surface area contributed by atoms with Crippen molar-refractivity contribution >= 4 is 12.3 Å². The third kappa shape index (κ3) is 2640. The average molecular weight is 485 g/mol. The molecule has 0 aromatic heterocycles. The molecule has 0 aromatic rings. The molecule has 0 unspecified atom stereocenters. The molecule has 0 aliphatic rings. The SMILES string of the molecule is C.C.C.C.C.C.C.C#C.C#C.CC.CC.CC.CC.CC.O.O=C=O.O=C=O.[C-]#[O+].[C-]#[O+].[HH].[HH].[HH].[HH]. The Morgan fingerprint density at radius 2 is 0.438 bits per heavy atom. The van der Waals surface area contributed by atoms with Crippen molar-refractivity contribution in [3.05, 3.63) is 13.3 Å². The van der Waals surface area contributed by atoms with E-state index in [0.717, 1.165) is 0 Å². The zero-order valence-corrected chi connectivity index (χ0v) is 17.3. The molecule has 0 rings (SSSR count). The molecule has 0 aliphatic carbocycles. The fraction of sp³-hybridized carbons (Fsp3) is 0.680. The van der Waals surface area contributed by atoms with Crippen LogP contribution < -0.4 is 0 Å². The van der Waals surface area contributed by atoms with Crippen LogP contribution in [0.5, 0.6) is 0 Å². The third-order valence-corrected chi connectivity index (χ3v) is 0. The molecule has 0 amide bonds. The van der Waals surface area contributed by atoms with Gasteiger partial charge in [-0.3, -0.25) is 0 Å². The molecular formula is C25H72O7. The third-order valence-electron chi connectivity index (χ3n) is 0. The Morgan fingerprint density at radius 3 is 0.438 bits per heavy atom. The van der Waals surface area contributed by atoms with Crippen LogP contribution in [0.3, 0.4) is 0 Å². The van der Waals surface area contributed by atoms with Gasteiger partial charge in [0.15, 0.2) is 0 Å². The van der Waals surface area contributed by atoms with Gasteiger partial charge in [-0.15, -0.1) is 25.7 Å². The van der Waals surface area contributed by atoms with Gasteiger partial charge in [-0.2, -0.15) is 19.2 Å². The van der Waals surface area contributed by atoms with Gasteiger partial charge in [0.05, 0.1) is 0 Å². The number of terminal acetylenes is 2. The Bertz CT molecular complexity index is 187. The maximum Gasteiger partial charge on any atom is 0 e. The predicted octanol–water partition coefficient (Wildman–Crippen LogP) is 9.00. The Hall–Kier alpha value is -2.68. The molecule has 32 heavy (non-hydrogen) atoms. The van der Waals surface area contributed by atoms with E-state index in [9.17, 15) is 0 Å². The maximum absolute atomic E-state index is 8.12. The van der Waals surface area contributed by atoms with Crippen LogP contribution in [-0.4, -0.2) is 17.8 Å². The van der Waals surface area contributed by atoms with E-state index in [1.165, 1.54) is 0 Å². The van der Waals surface area contributed by atoms with E-state index >= 15 is 0 Å². The summed E-state index contributed by atoms with van der Waals surface area (Å²) in [5.74, 6) is 0. The summed E-state index contributed by atoms with van der Waals surface area (Å²) in [5.41, 5.74) is 0. The summed E-state index contributed by atoms with van der Waals surface area (Å²) in [6.45, 7) is 29.0. The maximum atomic E-state index is 8.12. The number of rotatable bonds is 0. The second-order valence-corrected chi connectivity index (χ2v) is 0.167. The molecule has 7 nitrogen and oxygen atoms in total. The quantitative estimate of drug-likeness (QED) is 0.192. The van der Waals surface area contributed by atoms with Crippen LogP contribution in [0, 0.1) is 39.0 Å². The minimum Gasteiger partial charge on any atom is 0 e. The van der Waals surface area contributed by atoms with Crippen molar-refractivity contribution in [2.75, 3.05) is 0 Å². The zero-order valence-electron chi connectivity index (χ0n) is 17.3. The first-order valence-corrected chi connectivity index (χ1v) is 6.89. The van der Waals surface area contributed by atoms with E-state index in [0.29, 0.717) is 0 Å². The molecule has 0 radical (unpaired) electrons. The molecule has 0 saturated carbocycles. The molecule has 0 fully saturated rings. The minimum atomic E-state index is 0. The van der Waals surface area contributed by atoms with Gasteiger partial charge >= 0.3 is 34.9 Å². The van der Waals surface area contributed by atoms with Gasteiger partial charge in [0, 0.05) is 5.71 Å². The molecule has 2 N–H and O–H groups in total. The molecule has 7 heteroatoms. The normalized spacial score (nSPS) is 1.69. The van der Waals surface area contributed by atoms with E-state index < -0.39 is 0 Å². The van der Waals surface area contributed by atoms with Crippen molar-refractivity contribution < 1.29 is 39.7 Å². The standard InChI is InChI=1S/5C2H6.2C2H2.2CO2.2CO.7CH4.H2O.4H2/c7*1-2;2*2-1-3;2*1-2;;;;;;;;;;;;/h5*1-2H3;2*1-2H;;;;;7*1H4;1H2;4*1H. The fourth-order valence-electron chi connectivity index (χ4n) is 0. The second-order valence-electron chi connectivity index (χ2n) is 0.167. The van der Waals surface area contributed by atoms with Gasteiger partial charge in [-0.05, 0) is 0 Å². The molecule has 0 aliphatic heterocycles. The van der Waals surface area contributed by atoms with Crippen LogP contribution in [-0.2, 0) is 28.5 Å². The minimum absolute atomic E-state index is 0. The van der Waals surface area contributed by atoms with Gasteiger partial charge in [0.25, 0.3) is 0 Å². The fourth-order valence-corrected chi connectivity index (χ4v) is 0. The molecule has 0 bridgehead atoms. The smallest absolute Gasteiger partial charge is 0 e. The number of hydrogen-bond acceptors (Lipinski definition) is 4. The summed E-state index contributed by atoms with van der Waals surface area (Å²) in [7, 11) is 0. The summed E-state index contributed by atoms with van der Waals surface area (Å²) in [5, 5.41) is 0. The van der Waals surface area contributed by atoms with E-state index in [1.54, 1.807) is 0 Å². The largest absolute Gasteiger partial charge is 0 e. The molecule has 0 atom stereocenters. The monoisotopic (exact) mass is 485 g/mol. The first-order valence-electron chi connectivity index (χ1n) is 6.89. The second kappa shape index (κ2) is 45700. The molecule has 0 aromatic carbocycles. The van der Waals surface area contributed by atoms with Crippen LogP contribution in [0.25, 0.3) is 0 Å². The summed E-state index contributed by atoms with van der Waals surface area (Å²) >= 11 is 0. The van der Waals surface area contributed by atoms with Crippen molar-refractivity contribution in [2.45, 2.75) is 121 Å². The van der Waals surface area contributed by atoms with Crippen molar-refractivity contribution in [2.24, 2.45) is 0 Å². The summed E-state index contributed by atoms with van der Waals surface area (Å²) in [6, 6.07) is 0. The van der Waals surface area contributed by atoms with Crippen molar-refractivity contribution in [3.63, 3.8) is 0 Å². The number of hydrogen-bond donors (Lipinski definition) is 0. The summed E-state index contributed by atoms with van der Waals surface area (Å²) < 4.78 is 15.0. The van der Waals surface area contributed by atoms with Gasteiger partial charge in [0.2, 0.25) is 0 Å². The van der Waals surface area contributed by atoms with E-state index in [-0.39, 0.29) is 75.5 Å². The summed E-state index contributed by atoms with van der Waals surface area (Å²) in [4.78, 5) is 32.5. The molecule has 0 spiro atoms. The Kier molecular flexibility index (Phi) is 315000. The van der Waals surface area contributed by atoms with E-state index in [1.807, 2.05) is 69.2 Å². The van der Waals surface area contributed by atoms with Crippen molar-refractivity contribution in [1.29, 1.82) is 0 Å². The van der Waals surface area contributed by atoms with Crippen LogP contribution >= 0.6 is 0 Å². The van der Waals surface area contributed by atoms with Crippen molar-refractivity contribution in [1.82, 2.24) is 0 Å². The van der Waals surface area contributed by atoms with E-state index in [4.69, 9.17) is 28.5 Å². The molecule has 214 valence electrons. The Morgan fingerprint density at radius 1 is 0.438 bits per heavy atom. The first-order chi connectivity index (χ1) is 11.8. The number of carbonyl (C=O) groups excluding carboxylic acids is 4. The molecular weight excluding hydrogens is 412 g/mol. The Balaban J connectivity index is -0.00000000239. The van der Waals surface area contributed by atoms with Crippen LogP contribution in [0.1, 0.15) is 127 Å². The van der Waals surface area contributed by atoms with E-state index in [2.05, 4.69) is 39.0 Å². The van der Waals surface area contributed by atoms with Crippen molar-refractivity contribution in [3.8, 4) is 25.7 Å². The predicted molar refractivity (Wildman–Crippen MR) is 154 cm³/mol. The van der Waals surface area contributed by atoms with Gasteiger partial charge < -0.3 is 5.48 Å². The topological polar surface area (TPSA) is 140 Å². The summed E-state index contributed by atoms with van der Waals surface area (Å²) in [6.07, 6.45) is 16.5. The van der Waals surface area contributed by atoms with Crippen LogP contribution in [0.2, 0.25) is 0 Å². The average Bonchev–Trinajstić information content (AvgIpc) is 2.76. The van der Waals surface area contributed by atoms with Crippen LogP contribution in [0.4, 0.5) is 0 Å². The zero-order chi connectivity index (χ0) is 23.4. The Labute approximate surface area is 212 Å². The molecule has 0 saturated heterocycles. The molecule has 0 heterocycles. The van der Waals surface area contributed by atoms with Gasteiger partial charge in [-0.25, -0.2) is 0 Å². The first kappa shape index (κ1) is 221. The van der Waals surface area contributed by atoms with Crippen LogP contribution in [0.15, 0.2) is 0 Å². The van der Waals surface area contributed by atoms with Gasteiger partial charge in [0.1, 0.15) is 0 Å².